The molecule has 63 heavy (non-hydrogen) atoms. The second-order valence-electron chi connectivity index (χ2n) is 17.3. The predicted molar refractivity (Wildman–Crippen MR) is 267 cm³/mol. The van der Waals surface area contributed by atoms with E-state index in [0.717, 1.165) is 43.6 Å². The van der Waals surface area contributed by atoms with Gasteiger partial charge in [0.2, 0.25) is 0 Å². The van der Waals surface area contributed by atoms with Gasteiger partial charge in [0.05, 0.1) is 4.53 Å². The summed E-state index contributed by atoms with van der Waals surface area (Å²) in [5.74, 6) is 2.35. The normalized spacial score (nSPS) is 16.1. The number of anilines is 2. The van der Waals surface area contributed by atoms with Crippen molar-refractivity contribution in [3.05, 3.63) is 220 Å². The minimum Gasteiger partial charge on any atom is -0.460 e. The van der Waals surface area contributed by atoms with Gasteiger partial charge in [-0.3, -0.25) is 0 Å². The molecular formula is C60H43NOS. The molecule has 2 heterocycles. The predicted octanol–water partition coefficient (Wildman–Crippen LogP) is 14.9. The molecule has 0 fully saturated rings. The molecule has 0 saturated carbocycles. The molecule has 2 nitrogen and oxygen atoms in total. The third kappa shape index (κ3) is 5.98. The summed E-state index contributed by atoms with van der Waals surface area (Å²) >= 11 is 1.95. The number of fused-ring (bicyclic) bond motifs is 10. The summed E-state index contributed by atoms with van der Waals surface area (Å²) in [6.45, 7) is 0. The summed E-state index contributed by atoms with van der Waals surface area (Å²) < 4.78 is 9.23. The standard InChI is InChI=1S/C60H43NOS/c1-2-12-39(13-3-1)51-20-10-22-54-55-23-11-24-56(60(55)63-59(51)54)61(44-31-28-40(29-32-44)47-18-8-15-38-14-4-5-16-46(38)47)45-33-35-49-43(37-45)27-26-41-36-42(30-34-48(41)49)50-19-9-21-53-52-17-6-7-25-57(52)62-58(50)53/h1-4,6-10,12-15,17-20,22-23,25-37,53H,5,11,16,21,24H2. The highest BCUT2D eigenvalue weighted by Crippen LogP contribution is 2.48. The van der Waals surface area contributed by atoms with Crippen LogP contribution in [0.15, 0.2) is 188 Å². The SMILES string of the molecule is C1=Cc2cccc(-c3ccc(N(C4=c5sc6c(-c7ccccc7)cccc6c5=CCC4)c4ccc5c(ccc6cc(C7=C8Oc9ccccc9C8CC=C7)ccc65)c4)cc3)c2CC1. The highest BCUT2D eigenvalue weighted by molar-refractivity contribution is 7.17. The molecule has 9 aromatic rings. The average molecular weight is 826 g/mol. The van der Waals surface area contributed by atoms with E-state index in [4.69, 9.17) is 4.74 Å². The van der Waals surface area contributed by atoms with Gasteiger partial charge < -0.3 is 9.64 Å². The van der Waals surface area contributed by atoms with Crippen LogP contribution >= 0.6 is 11.3 Å². The van der Waals surface area contributed by atoms with Gasteiger partial charge in [0.15, 0.2) is 0 Å². The molecule has 3 heteroatoms. The third-order valence-corrected chi connectivity index (χ3v) is 15.1. The van der Waals surface area contributed by atoms with Crippen molar-refractivity contribution in [3.8, 4) is 28.0 Å². The van der Waals surface area contributed by atoms with E-state index in [2.05, 4.69) is 199 Å². The monoisotopic (exact) mass is 825 g/mol. The molecule has 0 spiro atoms. The quantitative estimate of drug-likeness (QED) is 0.155. The van der Waals surface area contributed by atoms with Gasteiger partial charge in [0.25, 0.3) is 0 Å². The van der Waals surface area contributed by atoms with E-state index < -0.39 is 0 Å². The minimum absolute atomic E-state index is 0.279. The Morgan fingerprint density at radius 2 is 1.32 bits per heavy atom. The molecule has 300 valence electrons. The molecule has 0 saturated heterocycles. The van der Waals surface area contributed by atoms with Crippen molar-refractivity contribution in [2.45, 2.75) is 38.0 Å². The summed E-state index contributed by atoms with van der Waals surface area (Å²) in [5, 5.41) is 7.70. The maximum absolute atomic E-state index is 6.52. The lowest BCUT2D eigenvalue weighted by molar-refractivity contribution is 0.429. The molecule has 0 amide bonds. The lowest BCUT2D eigenvalue weighted by Gasteiger charge is -2.29. The zero-order chi connectivity index (χ0) is 41.4. The summed E-state index contributed by atoms with van der Waals surface area (Å²) in [5.41, 5.74) is 15.4. The number of para-hydroxylation sites is 1. The Labute approximate surface area is 371 Å². The van der Waals surface area contributed by atoms with E-state index in [1.165, 1.54) is 109 Å². The van der Waals surface area contributed by atoms with E-state index >= 15 is 0 Å². The molecular weight excluding hydrogens is 783 g/mol. The first-order chi connectivity index (χ1) is 31.2. The van der Waals surface area contributed by atoms with Crippen LogP contribution in [0.1, 0.15) is 53.9 Å². The summed E-state index contributed by atoms with van der Waals surface area (Å²) in [6.07, 6.45) is 16.7. The number of rotatable bonds is 6. The van der Waals surface area contributed by atoms with E-state index in [9.17, 15) is 0 Å². The summed E-state index contributed by atoms with van der Waals surface area (Å²) in [4.78, 5) is 2.56. The molecule has 0 radical (unpaired) electrons. The van der Waals surface area contributed by atoms with Crippen LogP contribution < -0.4 is 19.4 Å². The number of benzene rings is 8. The van der Waals surface area contributed by atoms with Crippen LogP contribution in [0.5, 0.6) is 5.75 Å². The first-order valence-corrected chi connectivity index (χ1v) is 23.2. The zero-order valence-electron chi connectivity index (χ0n) is 34.9. The van der Waals surface area contributed by atoms with E-state index in [1.54, 1.807) is 0 Å². The van der Waals surface area contributed by atoms with Crippen molar-refractivity contribution < 1.29 is 4.74 Å². The largest absolute Gasteiger partial charge is 0.460 e. The van der Waals surface area contributed by atoms with Crippen LogP contribution in [-0.4, -0.2) is 0 Å². The lowest BCUT2D eigenvalue weighted by atomic mass is 9.86. The van der Waals surface area contributed by atoms with E-state index in [0.29, 0.717) is 0 Å². The van der Waals surface area contributed by atoms with Crippen LogP contribution in [0.2, 0.25) is 0 Å². The lowest BCUT2D eigenvalue weighted by Crippen LogP contribution is -2.31. The van der Waals surface area contributed by atoms with Crippen LogP contribution in [0.25, 0.3) is 77.3 Å². The highest BCUT2D eigenvalue weighted by Gasteiger charge is 2.33. The van der Waals surface area contributed by atoms with Gasteiger partial charge in [0, 0.05) is 44.2 Å². The van der Waals surface area contributed by atoms with E-state index in [1.807, 2.05) is 11.3 Å². The zero-order valence-corrected chi connectivity index (χ0v) is 35.7. The first kappa shape index (κ1) is 36.5. The topological polar surface area (TPSA) is 12.5 Å². The van der Waals surface area contributed by atoms with Crippen molar-refractivity contribution >= 4 is 77.8 Å². The molecule has 1 aromatic heterocycles. The van der Waals surface area contributed by atoms with Crippen molar-refractivity contribution in [3.63, 3.8) is 0 Å². The fraction of sp³-hybridized carbons (Fsp3) is 0.100. The maximum atomic E-state index is 6.52. The smallest absolute Gasteiger partial charge is 0.130 e. The Bertz CT molecular complexity index is 3570. The molecule has 1 unspecified atom stereocenters. The fourth-order valence-electron chi connectivity index (χ4n) is 10.8. The molecule has 0 bridgehead atoms. The molecule has 0 N–H and O–H groups in total. The Morgan fingerprint density at radius 3 is 2.22 bits per heavy atom. The Hall–Kier alpha value is -7.20. The van der Waals surface area contributed by atoms with Gasteiger partial charge in [-0.2, -0.15) is 0 Å². The van der Waals surface area contributed by atoms with Crippen LogP contribution in [0.4, 0.5) is 11.4 Å². The van der Waals surface area contributed by atoms with Gasteiger partial charge >= 0.3 is 0 Å². The van der Waals surface area contributed by atoms with Crippen molar-refractivity contribution in [2.24, 2.45) is 0 Å². The number of allylic oxidation sites excluding steroid dienone is 5. The molecule has 1 atom stereocenters. The summed E-state index contributed by atoms with van der Waals surface area (Å²) in [6, 6.07) is 61.0. The maximum Gasteiger partial charge on any atom is 0.130 e. The van der Waals surface area contributed by atoms with Crippen molar-refractivity contribution in [2.75, 3.05) is 4.90 Å². The molecule has 8 aromatic carbocycles. The second-order valence-corrected chi connectivity index (χ2v) is 18.3. The molecule has 3 aliphatic carbocycles. The summed E-state index contributed by atoms with van der Waals surface area (Å²) in [7, 11) is 0. The number of ether oxygens (including phenoxy) is 1. The number of thiophene rings is 1. The van der Waals surface area contributed by atoms with Gasteiger partial charge in [0.1, 0.15) is 11.5 Å². The minimum atomic E-state index is 0.279. The van der Waals surface area contributed by atoms with Crippen molar-refractivity contribution in [1.82, 2.24) is 0 Å². The van der Waals surface area contributed by atoms with Gasteiger partial charge in [-0.1, -0.05) is 158 Å². The van der Waals surface area contributed by atoms with Crippen molar-refractivity contribution in [1.29, 1.82) is 0 Å². The fourth-order valence-corrected chi connectivity index (χ4v) is 12.2. The van der Waals surface area contributed by atoms with Gasteiger partial charge in [-0.25, -0.2) is 0 Å². The Morgan fingerprint density at radius 1 is 0.556 bits per heavy atom. The second kappa shape index (κ2) is 14.7. The first-order valence-electron chi connectivity index (χ1n) is 22.4. The Kier molecular flexibility index (Phi) is 8.52. The van der Waals surface area contributed by atoms with Crippen LogP contribution in [0, 0.1) is 0 Å². The molecule has 1 aliphatic heterocycles. The number of hydrogen-bond donors (Lipinski definition) is 0. The number of nitrogens with zero attached hydrogens (tertiary/aromatic N) is 1. The molecule has 4 aliphatic rings. The number of hydrogen-bond acceptors (Lipinski definition) is 3. The highest BCUT2D eigenvalue weighted by atomic mass is 32.1. The Balaban J connectivity index is 0.952. The van der Waals surface area contributed by atoms with Crippen LogP contribution in [0.3, 0.4) is 0 Å². The molecule has 13 rings (SSSR count). The average Bonchev–Trinajstić information content (AvgIpc) is 3.94. The van der Waals surface area contributed by atoms with Crippen LogP contribution in [-0.2, 0) is 6.42 Å². The van der Waals surface area contributed by atoms with E-state index in [-0.39, 0.29) is 5.92 Å². The third-order valence-electron chi connectivity index (χ3n) is 13.7. The van der Waals surface area contributed by atoms with Gasteiger partial charge in [-0.05, 0) is 134 Å². The van der Waals surface area contributed by atoms with Gasteiger partial charge in [-0.15, -0.1) is 11.3 Å².